The van der Waals surface area contributed by atoms with Crippen LogP contribution in [0.15, 0.2) is 24.3 Å². The molecule has 18 heavy (non-hydrogen) atoms. The number of carbonyl (C=O) groups is 1. The van der Waals surface area contributed by atoms with E-state index in [1.807, 2.05) is 31.2 Å². The standard InChI is InChI=1S/C14H20O4/c1-10(14(15)16)8-11(2)18-9-12-4-6-13(17-3)7-5-12/h4-7,10-11H,8-9H2,1-3H3,(H,15,16)/t10-,11+/m1/s1. The Morgan fingerprint density at radius 3 is 2.39 bits per heavy atom. The fourth-order valence-electron chi connectivity index (χ4n) is 1.63. The third-order valence-corrected chi connectivity index (χ3v) is 2.80. The van der Waals surface area contributed by atoms with Gasteiger partial charge in [0.1, 0.15) is 5.75 Å². The third-order valence-electron chi connectivity index (χ3n) is 2.80. The first-order valence-corrected chi connectivity index (χ1v) is 6.00. The summed E-state index contributed by atoms with van der Waals surface area (Å²) >= 11 is 0. The number of aliphatic carboxylic acids is 1. The average Bonchev–Trinajstić information content (AvgIpc) is 2.36. The van der Waals surface area contributed by atoms with Gasteiger partial charge < -0.3 is 14.6 Å². The van der Waals surface area contributed by atoms with Crippen molar-refractivity contribution >= 4 is 5.97 Å². The lowest BCUT2D eigenvalue weighted by atomic mass is 10.1. The molecule has 0 aromatic heterocycles. The first kappa shape index (κ1) is 14.5. The molecule has 1 N–H and O–H groups in total. The minimum absolute atomic E-state index is 0.0711. The normalized spacial score (nSPS) is 13.9. The molecular weight excluding hydrogens is 232 g/mol. The van der Waals surface area contributed by atoms with E-state index in [4.69, 9.17) is 14.6 Å². The molecule has 2 atom stereocenters. The van der Waals surface area contributed by atoms with Crippen molar-refractivity contribution in [3.63, 3.8) is 0 Å². The van der Waals surface area contributed by atoms with Crippen molar-refractivity contribution in [2.24, 2.45) is 5.92 Å². The predicted molar refractivity (Wildman–Crippen MR) is 68.7 cm³/mol. The summed E-state index contributed by atoms with van der Waals surface area (Å²) < 4.78 is 10.7. The van der Waals surface area contributed by atoms with E-state index in [1.54, 1.807) is 14.0 Å². The zero-order valence-electron chi connectivity index (χ0n) is 11.1. The average molecular weight is 252 g/mol. The van der Waals surface area contributed by atoms with Gasteiger partial charge in [-0.1, -0.05) is 19.1 Å². The van der Waals surface area contributed by atoms with Gasteiger partial charge in [0.25, 0.3) is 0 Å². The summed E-state index contributed by atoms with van der Waals surface area (Å²) in [5.74, 6) is -0.350. The van der Waals surface area contributed by atoms with E-state index in [-0.39, 0.29) is 12.0 Å². The van der Waals surface area contributed by atoms with Gasteiger partial charge in [-0.05, 0) is 31.0 Å². The minimum atomic E-state index is -0.783. The van der Waals surface area contributed by atoms with E-state index in [1.165, 1.54) is 0 Å². The molecule has 0 fully saturated rings. The summed E-state index contributed by atoms with van der Waals surface area (Å²) in [5, 5.41) is 8.80. The van der Waals surface area contributed by atoms with Gasteiger partial charge in [0.15, 0.2) is 0 Å². The fourth-order valence-corrected chi connectivity index (χ4v) is 1.63. The van der Waals surface area contributed by atoms with Crippen molar-refractivity contribution in [2.75, 3.05) is 7.11 Å². The quantitative estimate of drug-likeness (QED) is 0.810. The minimum Gasteiger partial charge on any atom is -0.497 e. The van der Waals surface area contributed by atoms with Crippen molar-refractivity contribution in [3.8, 4) is 5.75 Å². The highest BCUT2D eigenvalue weighted by Gasteiger charge is 2.15. The summed E-state index contributed by atoms with van der Waals surface area (Å²) in [7, 11) is 1.63. The lowest BCUT2D eigenvalue weighted by Gasteiger charge is -2.15. The highest BCUT2D eigenvalue weighted by Crippen LogP contribution is 2.14. The number of hydrogen-bond acceptors (Lipinski definition) is 3. The fraction of sp³-hybridized carbons (Fsp3) is 0.500. The van der Waals surface area contributed by atoms with E-state index >= 15 is 0 Å². The Morgan fingerprint density at radius 2 is 1.89 bits per heavy atom. The first-order chi connectivity index (χ1) is 8.52. The van der Waals surface area contributed by atoms with Gasteiger partial charge >= 0.3 is 5.97 Å². The van der Waals surface area contributed by atoms with Crippen LogP contribution >= 0.6 is 0 Å². The molecule has 1 rings (SSSR count). The zero-order valence-corrected chi connectivity index (χ0v) is 11.1. The number of hydrogen-bond donors (Lipinski definition) is 1. The molecule has 100 valence electrons. The summed E-state index contributed by atoms with van der Waals surface area (Å²) in [6, 6.07) is 7.63. The highest BCUT2D eigenvalue weighted by molar-refractivity contribution is 5.69. The second-order valence-corrected chi connectivity index (χ2v) is 4.44. The molecule has 0 aliphatic heterocycles. The van der Waals surface area contributed by atoms with Crippen LogP contribution in [-0.2, 0) is 16.1 Å². The highest BCUT2D eigenvalue weighted by atomic mass is 16.5. The van der Waals surface area contributed by atoms with Crippen LogP contribution in [0, 0.1) is 5.92 Å². The Bertz CT molecular complexity index is 372. The summed E-state index contributed by atoms with van der Waals surface area (Å²) in [6.07, 6.45) is 0.448. The number of methoxy groups -OCH3 is 1. The second-order valence-electron chi connectivity index (χ2n) is 4.44. The molecule has 0 amide bonds. The van der Waals surface area contributed by atoms with E-state index in [0.29, 0.717) is 13.0 Å². The van der Waals surface area contributed by atoms with Gasteiger partial charge in [-0.15, -0.1) is 0 Å². The van der Waals surface area contributed by atoms with Crippen LogP contribution in [0.2, 0.25) is 0 Å². The Kier molecular flexibility index (Phi) is 5.65. The van der Waals surface area contributed by atoms with Crippen molar-refractivity contribution in [3.05, 3.63) is 29.8 Å². The molecule has 4 heteroatoms. The first-order valence-electron chi connectivity index (χ1n) is 6.00. The smallest absolute Gasteiger partial charge is 0.306 e. The number of ether oxygens (including phenoxy) is 2. The number of carboxylic acids is 1. The van der Waals surface area contributed by atoms with Crippen LogP contribution in [-0.4, -0.2) is 24.3 Å². The van der Waals surface area contributed by atoms with E-state index in [9.17, 15) is 4.79 Å². The van der Waals surface area contributed by atoms with E-state index in [0.717, 1.165) is 11.3 Å². The van der Waals surface area contributed by atoms with Crippen LogP contribution < -0.4 is 4.74 Å². The lowest BCUT2D eigenvalue weighted by molar-refractivity contribution is -0.142. The largest absolute Gasteiger partial charge is 0.497 e. The Balaban J connectivity index is 2.37. The van der Waals surface area contributed by atoms with Gasteiger partial charge in [-0.2, -0.15) is 0 Å². The van der Waals surface area contributed by atoms with Gasteiger partial charge in [-0.25, -0.2) is 0 Å². The topological polar surface area (TPSA) is 55.8 Å². The second kappa shape index (κ2) is 7.01. The molecule has 1 aromatic rings. The summed E-state index contributed by atoms with van der Waals surface area (Å²) in [6.45, 7) is 4.07. The van der Waals surface area contributed by atoms with Gasteiger partial charge in [-0.3, -0.25) is 4.79 Å². The molecule has 0 saturated heterocycles. The maximum absolute atomic E-state index is 10.7. The van der Waals surface area contributed by atoms with Crippen LogP contribution in [0.4, 0.5) is 0 Å². The Morgan fingerprint density at radius 1 is 1.28 bits per heavy atom. The van der Waals surface area contributed by atoms with E-state index in [2.05, 4.69) is 0 Å². The molecule has 0 aliphatic rings. The molecule has 4 nitrogen and oxygen atoms in total. The molecule has 0 unspecified atom stereocenters. The molecule has 0 heterocycles. The van der Waals surface area contributed by atoms with Crippen molar-refractivity contribution in [2.45, 2.75) is 33.0 Å². The summed E-state index contributed by atoms with van der Waals surface area (Å²) in [5.41, 5.74) is 1.05. The summed E-state index contributed by atoms with van der Waals surface area (Å²) in [4.78, 5) is 10.7. The molecule has 0 spiro atoms. The van der Waals surface area contributed by atoms with Crippen LogP contribution in [0.5, 0.6) is 5.75 Å². The van der Waals surface area contributed by atoms with Gasteiger partial charge in [0.05, 0.1) is 25.7 Å². The number of carboxylic acid groups (broad SMARTS) is 1. The molecule has 1 aromatic carbocycles. The zero-order chi connectivity index (χ0) is 13.5. The van der Waals surface area contributed by atoms with Crippen molar-refractivity contribution in [1.29, 1.82) is 0 Å². The maximum Gasteiger partial charge on any atom is 0.306 e. The molecule has 0 bridgehead atoms. The monoisotopic (exact) mass is 252 g/mol. The van der Waals surface area contributed by atoms with E-state index < -0.39 is 5.97 Å². The Labute approximate surface area is 108 Å². The van der Waals surface area contributed by atoms with Crippen LogP contribution in [0.3, 0.4) is 0 Å². The van der Waals surface area contributed by atoms with Crippen molar-refractivity contribution in [1.82, 2.24) is 0 Å². The molecule has 0 aliphatic carbocycles. The number of benzene rings is 1. The SMILES string of the molecule is COc1ccc(CO[C@@H](C)C[C@@H](C)C(=O)O)cc1. The lowest BCUT2D eigenvalue weighted by Crippen LogP contribution is -2.18. The molecule has 0 saturated carbocycles. The molecular formula is C14H20O4. The van der Waals surface area contributed by atoms with Gasteiger partial charge in [0, 0.05) is 0 Å². The number of rotatable bonds is 7. The predicted octanol–water partition coefficient (Wildman–Crippen LogP) is 2.71. The molecule has 0 radical (unpaired) electrons. The van der Waals surface area contributed by atoms with Crippen LogP contribution in [0.25, 0.3) is 0 Å². The van der Waals surface area contributed by atoms with Crippen LogP contribution in [0.1, 0.15) is 25.8 Å². The maximum atomic E-state index is 10.7. The van der Waals surface area contributed by atoms with Gasteiger partial charge in [0.2, 0.25) is 0 Å². The Hall–Kier alpha value is -1.55. The van der Waals surface area contributed by atoms with Crippen molar-refractivity contribution < 1.29 is 19.4 Å². The third kappa shape index (κ3) is 4.75.